The molecular formula is C13H25N3O. The molecule has 0 aromatic carbocycles. The number of hydrogen-bond donors (Lipinski definition) is 2. The summed E-state index contributed by atoms with van der Waals surface area (Å²) < 4.78 is 0. The number of carbonyl (C=O) groups excluding carboxylic acids is 1. The zero-order valence-electron chi connectivity index (χ0n) is 10.8. The van der Waals surface area contributed by atoms with E-state index in [-0.39, 0.29) is 5.91 Å². The molecule has 4 heteroatoms. The maximum Gasteiger partial charge on any atom is 0.216 e. The van der Waals surface area contributed by atoms with Crippen molar-refractivity contribution in [3.8, 4) is 0 Å². The Morgan fingerprint density at radius 2 is 2.12 bits per heavy atom. The lowest BCUT2D eigenvalue weighted by Crippen LogP contribution is -2.49. The maximum absolute atomic E-state index is 10.8. The molecule has 1 aliphatic heterocycles. The molecule has 1 aliphatic carbocycles. The van der Waals surface area contributed by atoms with Crippen LogP contribution >= 0.6 is 0 Å². The molecule has 2 aliphatic rings. The fraction of sp³-hybridized carbons (Fsp3) is 0.923. The summed E-state index contributed by atoms with van der Waals surface area (Å²) in [5.41, 5.74) is 6.11. The Balaban J connectivity index is 1.70. The van der Waals surface area contributed by atoms with E-state index in [1.807, 2.05) is 0 Å². The van der Waals surface area contributed by atoms with Crippen molar-refractivity contribution in [2.75, 3.05) is 26.2 Å². The molecule has 2 rings (SSSR count). The third-order valence-electron chi connectivity index (χ3n) is 3.81. The molecule has 1 saturated heterocycles. The molecule has 0 spiro atoms. The van der Waals surface area contributed by atoms with E-state index in [1.54, 1.807) is 6.92 Å². The minimum absolute atomic E-state index is 0.0563. The normalized spacial score (nSPS) is 30.2. The summed E-state index contributed by atoms with van der Waals surface area (Å²) in [6.45, 7) is 5.41. The van der Waals surface area contributed by atoms with Crippen LogP contribution in [0.1, 0.15) is 32.6 Å². The van der Waals surface area contributed by atoms with Crippen LogP contribution in [0.2, 0.25) is 0 Å². The second kappa shape index (κ2) is 5.83. The number of nitrogens with two attached hydrogens (primary N) is 1. The highest BCUT2D eigenvalue weighted by molar-refractivity contribution is 5.72. The van der Waals surface area contributed by atoms with Crippen molar-refractivity contribution in [2.24, 2.45) is 17.6 Å². The van der Waals surface area contributed by atoms with Gasteiger partial charge < -0.3 is 11.1 Å². The number of nitrogens with zero attached hydrogens (tertiary/aromatic N) is 1. The smallest absolute Gasteiger partial charge is 0.216 e. The summed E-state index contributed by atoms with van der Waals surface area (Å²) in [6, 6.07) is 0.324. The highest BCUT2D eigenvalue weighted by atomic mass is 16.1. The molecule has 3 N–H and O–H groups in total. The standard InChI is InChI=1S/C13H25N3O/c1-10(17)15-4-5-16-8-12(6-11-2-3-11)7-13(14)9-16/h11-13H,2-9,14H2,1H3,(H,15,17). The number of rotatable bonds is 5. The summed E-state index contributed by atoms with van der Waals surface area (Å²) in [6.07, 6.45) is 5.41. The predicted octanol–water partition coefficient (Wildman–Crippen LogP) is 0.572. The number of carbonyl (C=O) groups is 1. The molecule has 1 amide bonds. The van der Waals surface area contributed by atoms with Gasteiger partial charge in [-0.1, -0.05) is 12.8 Å². The lowest BCUT2D eigenvalue weighted by Gasteiger charge is -2.36. The molecular weight excluding hydrogens is 214 g/mol. The second-order valence-corrected chi connectivity index (χ2v) is 5.78. The van der Waals surface area contributed by atoms with Gasteiger partial charge in [0.1, 0.15) is 0 Å². The van der Waals surface area contributed by atoms with Crippen LogP contribution in [-0.4, -0.2) is 43.0 Å². The van der Waals surface area contributed by atoms with Gasteiger partial charge in [-0.3, -0.25) is 9.69 Å². The van der Waals surface area contributed by atoms with Crippen molar-refractivity contribution in [2.45, 2.75) is 38.6 Å². The molecule has 2 atom stereocenters. The molecule has 1 heterocycles. The summed E-state index contributed by atoms with van der Waals surface area (Å²) in [4.78, 5) is 13.2. The van der Waals surface area contributed by atoms with Crippen molar-refractivity contribution >= 4 is 5.91 Å². The molecule has 98 valence electrons. The first-order chi connectivity index (χ1) is 8.13. The van der Waals surface area contributed by atoms with Crippen LogP contribution in [0.5, 0.6) is 0 Å². The summed E-state index contributed by atoms with van der Waals surface area (Å²) >= 11 is 0. The molecule has 0 aromatic rings. The van der Waals surface area contributed by atoms with Gasteiger partial charge in [-0.2, -0.15) is 0 Å². The van der Waals surface area contributed by atoms with Crippen LogP contribution in [0.4, 0.5) is 0 Å². The van der Waals surface area contributed by atoms with Gasteiger partial charge in [-0.05, 0) is 24.7 Å². The van der Waals surface area contributed by atoms with Gasteiger partial charge in [-0.25, -0.2) is 0 Å². The molecule has 1 saturated carbocycles. The van der Waals surface area contributed by atoms with Gasteiger partial charge in [0.05, 0.1) is 0 Å². The Hall–Kier alpha value is -0.610. The second-order valence-electron chi connectivity index (χ2n) is 5.78. The lowest BCUT2D eigenvalue weighted by atomic mass is 9.90. The maximum atomic E-state index is 10.8. The average molecular weight is 239 g/mol. The van der Waals surface area contributed by atoms with E-state index in [1.165, 1.54) is 32.2 Å². The van der Waals surface area contributed by atoms with Crippen LogP contribution in [0.15, 0.2) is 0 Å². The number of hydrogen-bond acceptors (Lipinski definition) is 3. The Morgan fingerprint density at radius 3 is 2.76 bits per heavy atom. The van der Waals surface area contributed by atoms with Crippen LogP contribution < -0.4 is 11.1 Å². The van der Waals surface area contributed by atoms with Gasteiger partial charge in [0.25, 0.3) is 0 Å². The molecule has 0 radical (unpaired) electrons. The summed E-state index contributed by atoms with van der Waals surface area (Å²) in [5, 5.41) is 2.85. The number of likely N-dealkylation sites (tertiary alicyclic amines) is 1. The predicted molar refractivity (Wildman–Crippen MR) is 68.5 cm³/mol. The molecule has 17 heavy (non-hydrogen) atoms. The van der Waals surface area contributed by atoms with Crippen LogP contribution in [0, 0.1) is 11.8 Å². The van der Waals surface area contributed by atoms with E-state index < -0.39 is 0 Å². The van der Waals surface area contributed by atoms with Gasteiger partial charge in [0.15, 0.2) is 0 Å². The third kappa shape index (κ3) is 4.64. The number of piperidine rings is 1. The molecule has 2 unspecified atom stereocenters. The van der Waals surface area contributed by atoms with Crippen molar-refractivity contribution in [3.05, 3.63) is 0 Å². The fourth-order valence-electron chi connectivity index (χ4n) is 2.92. The molecule has 4 nitrogen and oxygen atoms in total. The van der Waals surface area contributed by atoms with Gasteiger partial charge >= 0.3 is 0 Å². The quantitative estimate of drug-likeness (QED) is 0.737. The Kier molecular flexibility index (Phi) is 4.40. The van der Waals surface area contributed by atoms with Gasteiger partial charge in [0.2, 0.25) is 5.91 Å². The Labute approximate surface area is 104 Å². The highest BCUT2D eigenvalue weighted by Gasteiger charge is 2.30. The zero-order chi connectivity index (χ0) is 12.3. The largest absolute Gasteiger partial charge is 0.355 e. The van der Waals surface area contributed by atoms with E-state index in [0.29, 0.717) is 6.04 Å². The van der Waals surface area contributed by atoms with Crippen molar-refractivity contribution in [1.82, 2.24) is 10.2 Å². The first kappa shape index (κ1) is 12.8. The van der Waals surface area contributed by atoms with Crippen molar-refractivity contribution < 1.29 is 4.79 Å². The van der Waals surface area contributed by atoms with Crippen molar-refractivity contribution in [3.63, 3.8) is 0 Å². The lowest BCUT2D eigenvalue weighted by molar-refractivity contribution is -0.119. The molecule has 0 bridgehead atoms. The van der Waals surface area contributed by atoms with E-state index >= 15 is 0 Å². The van der Waals surface area contributed by atoms with Crippen molar-refractivity contribution in [1.29, 1.82) is 0 Å². The topological polar surface area (TPSA) is 58.4 Å². The van der Waals surface area contributed by atoms with Gasteiger partial charge in [-0.15, -0.1) is 0 Å². The Morgan fingerprint density at radius 1 is 1.35 bits per heavy atom. The Bertz CT molecular complexity index is 263. The summed E-state index contributed by atoms with van der Waals surface area (Å²) in [7, 11) is 0. The van der Waals surface area contributed by atoms with E-state index in [4.69, 9.17) is 5.73 Å². The third-order valence-corrected chi connectivity index (χ3v) is 3.81. The average Bonchev–Trinajstić information content (AvgIpc) is 3.00. The molecule has 2 fully saturated rings. The van der Waals surface area contributed by atoms with Crippen LogP contribution in [-0.2, 0) is 4.79 Å². The molecule has 0 aromatic heterocycles. The van der Waals surface area contributed by atoms with Crippen LogP contribution in [0.3, 0.4) is 0 Å². The first-order valence-electron chi connectivity index (χ1n) is 6.86. The number of nitrogens with one attached hydrogen (secondary N) is 1. The zero-order valence-corrected chi connectivity index (χ0v) is 10.8. The number of amides is 1. The highest BCUT2D eigenvalue weighted by Crippen LogP contribution is 2.37. The SMILES string of the molecule is CC(=O)NCCN1CC(N)CC(CC2CC2)C1. The fourth-order valence-corrected chi connectivity index (χ4v) is 2.92. The first-order valence-corrected chi connectivity index (χ1v) is 6.86. The van der Waals surface area contributed by atoms with Crippen LogP contribution in [0.25, 0.3) is 0 Å². The minimum Gasteiger partial charge on any atom is -0.355 e. The monoisotopic (exact) mass is 239 g/mol. The van der Waals surface area contributed by atoms with Gasteiger partial charge in [0, 0.05) is 39.1 Å². The summed E-state index contributed by atoms with van der Waals surface area (Å²) in [5.74, 6) is 1.83. The van der Waals surface area contributed by atoms with E-state index in [2.05, 4.69) is 10.2 Å². The van der Waals surface area contributed by atoms with E-state index in [9.17, 15) is 4.79 Å². The van der Waals surface area contributed by atoms with E-state index in [0.717, 1.165) is 31.5 Å². The minimum atomic E-state index is 0.0563.